The lowest BCUT2D eigenvalue weighted by Crippen LogP contribution is -2.29. The zero-order valence-electron chi connectivity index (χ0n) is 17.9. The number of halogens is 2. The van der Waals surface area contributed by atoms with Crippen molar-refractivity contribution in [1.29, 1.82) is 0 Å². The first kappa shape index (κ1) is 24.1. The maximum Gasteiger partial charge on any atom is 0.252 e. The zero-order valence-corrected chi connectivity index (χ0v) is 20.2. The third-order valence-electron chi connectivity index (χ3n) is 4.66. The number of amides is 2. The minimum absolute atomic E-state index is 0.131. The summed E-state index contributed by atoms with van der Waals surface area (Å²) in [6.45, 7) is 6.31. The molecule has 3 rings (SSSR count). The molecule has 0 saturated heterocycles. The van der Waals surface area contributed by atoms with E-state index in [4.69, 9.17) is 23.2 Å². The molecule has 1 heterocycles. The van der Waals surface area contributed by atoms with Gasteiger partial charge in [0.15, 0.2) is 11.0 Å². The fraction of sp³-hybridized carbons (Fsp3) is 0.273. The lowest BCUT2D eigenvalue weighted by molar-refractivity contribution is -0.113. The van der Waals surface area contributed by atoms with Crippen molar-refractivity contribution < 1.29 is 9.59 Å². The number of thioether (sulfide) groups is 1. The number of aromatic nitrogens is 3. The molecule has 0 spiro atoms. The number of aryl methyl sites for hydroxylation is 1. The van der Waals surface area contributed by atoms with Gasteiger partial charge in [-0.1, -0.05) is 53.2 Å². The van der Waals surface area contributed by atoms with Gasteiger partial charge in [-0.3, -0.25) is 9.59 Å². The van der Waals surface area contributed by atoms with Crippen LogP contribution in [0.15, 0.2) is 47.6 Å². The van der Waals surface area contributed by atoms with Crippen molar-refractivity contribution >= 4 is 52.5 Å². The Morgan fingerprint density at radius 1 is 1.12 bits per heavy atom. The standard InChI is InChI=1S/C22H23Cl2N5O2S/c1-4-29-20(14(3)25-21(31)18-8-6-5-7-13(18)2)27-28-22(29)32-12-19(30)26-17-10-15(23)9-16(24)11-17/h5-11,14H,4,12H2,1-3H3,(H,25,31)(H,26,30). The Morgan fingerprint density at radius 3 is 2.47 bits per heavy atom. The van der Waals surface area contributed by atoms with Gasteiger partial charge in [-0.05, 0) is 50.6 Å². The minimum atomic E-state index is -0.355. The van der Waals surface area contributed by atoms with Crippen LogP contribution in [0.4, 0.5) is 5.69 Å². The number of hydrogen-bond acceptors (Lipinski definition) is 5. The van der Waals surface area contributed by atoms with Crippen molar-refractivity contribution in [2.45, 2.75) is 38.5 Å². The molecule has 1 aromatic heterocycles. The van der Waals surface area contributed by atoms with E-state index in [1.54, 1.807) is 24.3 Å². The second-order valence-electron chi connectivity index (χ2n) is 7.09. The van der Waals surface area contributed by atoms with Gasteiger partial charge >= 0.3 is 0 Å². The average molecular weight is 492 g/mol. The molecule has 0 bridgehead atoms. The van der Waals surface area contributed by atoms with Gasteiger partial charge in [0, 0.05) is 27.8 Å². The molecule has 0 aliphatic heterocycles. The van der Waals surface area contributed by atoms with Crippen LogP contribution >= 0.6 is 35.0 Å². The van der Waals surface area contributed by atoms with Crippen molar-refractivity contribution in [2.24, 2.45) is 0 Å². The van der Waals surface area contributed by atoms with E-state index >= 15 is 0 Å². The summed E-state index contributed by atoms with van der Waals surface area (Å²) in [5.74, 6) is 0.363. The molecule has 0 aliphatic carbocycles. The third-order valence-corrected chi connectivity index (χ3v) is 6.07. The quantitative estimate of drug-likeness (QED) is 0.426. The molecule has 1 atom stereocenters. The summed E-state index contributed by atoms with van der Waals surface area (Å²) in [5, 5.41) is 15.7. The lowest BCUT2D eigenvalue weighted by Gasteiger charge is -2.16. The predicted molar refractivity (Wildman–Crippen MR) is 129 cm³/mol. The van der Waals surface area contributed by atoms with E-state index in [0.29, 0.717) is 38.8 Å². The molecule has 0 fully saturated rings. The normalized spacial score (nSPS) is 11.8. The summed E-state index contributed by atoms with van der Waals surface area (Å²) < 4.78 is 1.89. The summed E-state index contributed by atoms with van der Waals surface area (Å²) >= 11 is 13.2. The first-order valence-corrected chi connectivity index (χ1v) is 11.7. The molecule has 2 N–H and O–H groups in total. The number of benzene rings is 2. The number of rotatable bonds is 8. The van der Waals surface area contributed by atoms with E-state index in [1.165, 1.54) is 11.8 Å². The van der Waals surface area contributed by atoms with Crippen molar-refractivity contribution in [1.82, 2.24) is 20.1 Å². The Hall–Kier alpha value is -2.55. The molecule has 168 valence electrons. The molecule has 2 aromatic carbocycles. The van der Waals surface area contributed by atoms with E-state index in [0.717, 1.165) is 5.56 Å². The molecule has 7 nitrogen and oxygen atoms in total. The maximum atomic E-state index is 12.6. The van der Waals surface area contributed by atoms with Gasteiger partial charge in [0.1, 0.15) is 0 Å². The van der Waals surface area contributed by atoms with Crippen LogP contribution in [0.25, 0.3) is 0 Å². The van der Waals surface area contributed by atoms with Gasteiger partial charge in [0.25, 0.3) is 5.91 Å². The van der Waals surface area contributed by atoms with Crippen LogP contribution in [0.5, 0.6) is 0 Å². The first-order valence-electron chi connectivity index (χ1n) is 9.96. The minimum Gasteiger partial charge on any atom is -0.342 e. The van der Waals surface area contributed by atoms with E-state index in [1.807, 2.05) is 43.5 Å². The lowest BCUT2D eigenvalue weighted by atomic mass is 10.1. The topological polar surface area (TPSA) is 88.9 Å². The average Bonchev–Trinajstić information content (AvgIpc) is 3.14. The van der Waals surface area contributed by atoms with E-state index in [2.05, 4.69) is 20.8 Å². The predicted octanol–water partition coefficient (Wildman–Crippen LogP) is 5.14. The van der Waals surface area contributed by atoms with E-state index in [9.17, 15) is 9.59 Å². The van der Waals surface area contributed by atoms with Gasteiger partial charge in [-0.15, -0.1) is 10.2 Å². The number of nitrogens with one attached hydrogen (secondary N) is 2. The number of nitrogens with zero attached hydrogens (tertiary/aromatic N) is 3. The Morgan fingerprint density at radius 2 is 1.81 bits per heavy atom. The number of carbonyl (C=O) groups excluding carboxylic acids is 2. The highest BCUT2D eigenvalue weighted by Crippen LogP contribution is 2.24. The molecule has 10 heteroatoms. The number of anilines is 1. The van der Waals surface area contributed by atoms with Gasteiger partial charge in [0.05, 0.1) is 11.8 Å². The summed E-state index contributed by atoms with van der Waals surface area (Å²) in [5.41, 5.74) is 2.05. The highest BCUT2D eigenvalue weighted by Gasteiger charge is 2.20. The second kappa shape index (κ2) is 10.8. The smallest absolute Gasteiger partial charge is 0.252 e. The fourth-order valence-corrected chi connectivity index (χ4v) is 4.48. The van der Waals surface area contributed by atoms with Crippen LogP contribution < -0.4 is 10.6 Å². The van der Waals surface area contributed by atoms with Crippen molar-refractivity contribution in [2.75, 3.05) is 11.1 Å². The third kappa shape index (κ3) is 6.03. The first-order chi connectivity index (χ1) is 15.3. The van der Waals surface area contributed by atoms with Crippen LogP contribution in [0.3, 0.4) is 0 Å². The Bertz CT molecular complexity index is 1120. The molecule has 32 heavy (non-hydrogen) atoms. The van der Waals surface area contributed by atoms with Crippen molar-refractivity contribution in [3.8, 4) is 0 Å². The van der Waals surface area contributed by atoms with Crippen molar-refractivity contribution in [3.05, 3.63) is 69.5 Å². The molecule has 3 aromatic rings. The van der Waals surface area contributed by atoms with E-state index in [-0.39, 0.29) is 23.6 Å². The monoisotopic (exact) mass is 491 g/mol. The van der Waals surface area contributed by atoms with Crippen molar-refractivity contribution in [3.63, 3.8) is 0 Å². The highest BCUT2D eigenvalue weighted by atomic mass is 35.5. The zero-order chi connectivity index (χ0) is 23.3. The summed E-state index contributed by atoms with van der Waals surface area (Å²) in [4.78, 5) is 25.0. The molecular formula is C22H23Cl2N5O2S. The van der Waals surface area contributed by atoms with Crippen LogP contribution in [0, 0.1) is 6.92 Å². The Kier molecular flexibility index (Phi) is 8.17. The molecule has 0 radical (unpaired) electrons. The van der Waals surface area contributed by atoms with E-state index < -0.39 is 0 Å². The molecule has 2 amide bonds. The number of hydrogen-bond donors (Lipinski definition) is 2. The van der Waals surface area contributed by atoms with Gasteiger partial charge < -0.3 is 15.2 Å². The second-order valence-corrected chi connectivity index (χ2v) is 8.91. The molecule has 0 saturated carbocycles. The maximum absolute atomic E-state index is 12.6. The summed E-state index contributed by atoms with van der Waals surface area (Å²) in [6, 6.07) is 11.9. The number of carbonyl (C=O) groups is 2. The highest BCUT2D eigenvalue weighted by molar-refractivity contribution is 7.99. The molecule has 1 unspecified atom stereocenters. The fourth-order valence-electron chi connectivity index (χ4n) is 3.14. The van der Waals surface area contributed by atoms with Crippen LogP contribution in [0.1, 0.15) is 41.6 Å². The molecular weight excluding hydrogens is 469 g/mol. The Labute approximate surface area is 200 Å². The van der Waals surface area contributed by atoms with Gasteiger partial charge in [0.2, 0.25) is 5.91 Å². The SMILES string of the molecule is CCn1c(SCC(=O)Nc2cc(Cl)cc(Cl)c2)nnc1C(C)NC(=O)c1ccccc1C. The van der Waals surface area contributed by atoms with Crippen LogP contribution in [0.2, 0.25) is 10.0 Å². The van der Waals surface area contributed by atoms with Crippen LogP contribution in [-0.4, -0.2) is 32.3 Å². The van der Waals surface area contributed by atoms with Gasteiger partial charge in [-0.25, -0.2) is 0 Å². The van der Waals surface area contributed by atoms with Crippen LogP contribution in [-0.2, 0) is 11.3 Å². The summed E-state index contributed by atoms with van der Waals surface area (Å²) in [7, 11) is 0. The molecule has 0 aliphatic rings. The van der Waals surface area contributed by atoms with Gasteiger partial charge in [-0.2, -0.15) is 0 Å². The summed E-state index contributed by atoms with van der Waals surface area (Å²) in [6.07, 6.45) is 0. The largest absolute Gasteiger partial charge is 0.342 e. The Balaban J connectivity index is 1.64.